The first-order valence-electron chi connectivity index (χ1n) is 9.88. The van der Waals surface area contributed by atoms with Gasteiger partial charge in [-0.3, -0.25) is 0 Å². The van der Waals surface area contributed by atoms with Crippen LogP contribution in [0.15, 0.2) is 48.8 Å². The fourth-order valence-corrected chi connectivity index (χ4v) is 3.50. The Morgan fingerprint density at radius 2 is 1.83 bits per heavy atom. The number of hydrogen-bond acceptors (Lipinski definition) is 5. The molecule has 2 amide bonds. The van der Waals surface area contributed by atoms with Crippen LogP contribution >= 0.6 is 0 Å². The molecule has 1 aliphatic rings. The van der Waals surface area contributed by atoms with Crippen LogP contribution in [0.25, 0.3) is 5.82 Å². The molecule has 1 N–H and O–H groups in total. The van der Waals surface area contributed by atoms with Crippen LogP contribution in [0.3, 0.4) is 0 Å². The van der Waals surface area contributed by atoms with Gasteiger partial charge >= 0.3 is 6.03 Å². The summed E-state index contributed by atoms with van der Waals surface area (Å²) in [5.41, 5.74) is 2.03. The van der Waals surface area contributed by atoms with Crippen molar-refractivity contribution >= 4 is 17.5 Å². The zero-order valence-corrected chi connectivity index (χ0v) is 16.7. The number of nitrogens with one attached hydrogen (secondary N) is 1. The minimum Gasteiger partial charge on any atom is -0.353 e. The molecule has 1 fully saturated rings. The number of rotatable bonds is 4. The van der Waals surface area contributed by atoms with Gasteiger partial charge in [-0.25, -0.2) is 19.4 Å². The molecule has 0 atom stereocenters. The van der Waals surface area contributed by atoms with Crippen molar-refractivity contribution in [3.05, 3.63) is 60.2 Å². The largest absolute Gasteiger partial charge is 0.353 e. The van der Waals surface area contributed by atoms with Crippen molar-refractivity contribution in [1.82, 2.24) is 24.6 Å². The fourth-order valence-electron chi connectivity index (χ4n) is 3.50. The smallest absolute Gasteiger partial charge is 0.321 e. The monoisotopic (exact) mass is 391 g/mol. The number of para-hydroxylation sites is 1. The molecule has 29 heavy (non-hydrogen) atoms. The Kier molecular flexibility index (Phi) is 5.41. The maximum Gasteiger partial charge on any atom is 0.321 e. The molecular formula is C21H25N7O. The van der Waals surface area contributed by atoms with E-state index in [9.17, 15) is 4.79 Å². The highest BCUT2D eigenvalue weighted by Crippen LogP contribution is 2.19. The summed E-state index contributed by atoms with van der Waals surface area (Å²) in [4.78, 5) is 25.8. The number of aromatic nitrogens is 4. The molecule has 3 heterocycles. The number of amides is 2. The third-order valence-corrected chi connectivity index (χ3v) is 5.08. The number of piperazine rings is 1. The predicted molar refractivity (Wildman–Crippen MR) is 113 cm³/mol. The molecule has 0 unspecified atom stereocenters. The molecule has 0 bridgehead atoms. The Balaban J connectivity index is 1.41. The van der Waals surface area contributed by atoms with E-state index >= 15 is 0 Å². The SMILES string of the molecule is CCc1ccccc1NC(=O)N1CCN(c2cc(-n3cccn3)nc(C)n2)CC1. The number of carbonyl (C=O) groups excluding carboxylic acids is 1. The van der Waals surface area contributed by atoms with Crippen molar-refractivity contribution in [2.24, 2.45) is 0 Å². The van der Waals surface area contributed by atoms with Gasteiger partial charge in [0, 0.05) is 50.3 Å². The summed E-state index contributed by atoms with van der Waals surface area (Å²) in [7, 11) is 0. The molecule has 4 rings (SSSR count). The highest BCUT2D eigenvalue weighted by Gasteiger charge is 2.23. The van der Waals surface area contributed by atoms with Crippen LogP contribution in [0.2, 0.25) is 0 Å². The number of carbonyl (C=O) groups is 1. The summed E-state index contributed by atoms with van der Waals surface area (Å²) in [6, 6.07) is 11.7. The molecule has 1 aliphatic heterocycles. The van der Waals surface area contributed by atoms with Crippen molar-refractivity contribution in [1.29, 1.82) is 0 Å². The van der Waals surface area contributed by atoms with Gasteiger partial charge in [0.1, 0.15) is 11.6 Å². The van der Waals surface area contributed by atoms with E-state index in [2.05, 4.69) is 32.2 Å². The molecule has 150 valence electrons. The fraction of sp³-hybridized carbons (Fsp3) is 0.333. The lowest BCUT2D eigenvalue weighted by atomic mass is 10.1. The predicted octanol–water partition coefficient (Wildman–Crippen LogP) is 2.89. The first-order valence-corrected chi connectivity index (χ1v) is 9.88. The highest BCUT2D eigenvalue weighted by atomic mass is 16.2. The van der Waals surface area contributed by atoms with Gasteiger partial charge in [-0.1, -0.05) is 25.1 Å². The molecule has 8 heteroatoms. The zero-order chi connectivity index (χ0) is 20.2. The number of hydrogen-bond donors (Lipinski definition) is 1. The van der Waals surface area contributed by atoms with Crippen LogP contribution < -0.4 is 10.2 Å². The van der Waals surface area contributed by atoms with Gasteiger partial charge in [0.15, 0.2) is 5.82 Å². The number of benzene rings is 1. The maximum atomic E-state index is 12.7. The summed E-state index contributed by atoms with van der Waals surface area (Å²) < 4.78 is 1.73. The van der Waals surface area contributed by atoms with Crippen LogP contribution in [0.1, 0.15) is 18.3 Å². The number of urea groups is 1. The number of aryl methyl sites for hydroxylation is 2. The lowest BCUT2D eigenvalue weighted by molar-refractivity contribution is 0.208. The molecule has 8 nitrogen and oxygen atoms in total. The van der Waals surface area contributed by atoms with Crippen molar-refractivity contribution in [3.8, 4) is 5.82 Å². The average molecular weight is 391 g/mol. The molecule has 0 radical (unpaired) electrons. The van der Waals surface area contributed by atoms with E-state index in [0.717, 1.165) is 42.4 Å². The minimum atomic E-state index is -0.0540. The second kappa shape index (κ2) is 8.30. The molecule has 0 aliphatic carbocycles. The molecule has 1 aromatic carbocycles. The Labute approximate surface area is 170 Å². The van der Waals surface area contributed by atoms with E-state index in [1.807, 2.05) is 54.4 Å². The Bertz CT molecular complexity index is 978. The third-order valence-electron chi connectivity index (χ3n) is 5.08. The second-order valence-electron chi connectivity index (χ2n) is 7.00. The van der Waals surface area contributed by atoms with Gasteiger partial charge in [0.2, 0.25) is 0 Å². The van der Waals surface area contributed by atoms with Gasteiger partial charge in [-0.05, 0) is 31.0 Å². The van der Waals surface area contributed by atoms with E-state index in [0.29, 0.717) is 18.9 Å². The van der Waals surface area contributed by atoms with Crippen LogP contribution in [0.4, 0.5) is 16.3 Å². The average Bonchev–Trinajstić information content (AvgIpc) is 3.29. The maximum absolute atomic E-state index is 12.7. The Hall–Kier alpha value is -3.42. The molecule has 0 spiro atoms. The molecule has 1 saturated heterocycles. The van der Waals surface area contributed by atoms with E-state index in [1.54, 1.807) is 10.9 Å². The number of nitrogens with zero attached hydrogens (tertiary/aromatic N) is 6. The lowest BCUT2D eigenvalue weighted by Crippen LogP contribution is -2.50. The Morgan fingerprint density at radius 3 is 2.55 bits per heavy atom. The summed E-state index contributed by atoms with van der Waals surface area (Å²) >= 11 is 0. The minimum absolute atomic E-state index is 0.0540. The van der Waals surface area contributed by atoms with Gasteiger partial charge in [-0.2, -0.15) is 5.10 Å². The van der Waals surface area contributed by atoms with Crippen molar-refractivity contribution in [2.75, 3.05) is 36.4 Å². The third kappa shape index (κ3) is 4.21. The van der Waals surface area contributed by atoms with Crippen LogP contribution in [-0.2, 0) is 6.42 Å². The van der Waals surface area contributed by atoms with Gasteiger partial charge in [-0.15, -0.1) is 0 Å². The van der Waals surface area contributed by atoms with Crippen molar-refractivity contribution in [2.45, 2.75) is 20.3 Å². The Morgan fingerprint density at radius 1 is 1.07 bits per heavy atom. The second-order valence-corrected chi connectivity index (χ2v) is 7.00. The summed E-state index contributed by atoms with van der Waals surface area (Å²) in [6.45, 7) is 6.69. The first-order chi connectivity index (χ1) is 14.1. The van der Waals surface area contributed by atoms with Crippen LogP contribution in [0.5, 0.6) is 0 Å². The van der Waals surface area contributed by atoms with E-state index in [1.165, 1.54) is 0 Å². The van der Waals surface area contributed by atoms with E-state index < -0.39 is 0 Å². The van der Waals surface area contributed by atoms with Gasteiger partial charge in [0.25, 0.3) is 0 Å². The zero-order valence-electron chi connectivity index (χ0n) is 16.7. The van der Waals surface area contributed by atoms with E-state index in [-0.39, 0.29) is 6.03 Å². The normalized spacial score (nSPS) is 14.1. The quantitative estimate of drug-likeness (QED) is 0.740. The van der Waals surface area contributed by atoms with E-state index in [4.69, 9.17) is 0 Å². The van der Waals surface area contributed by atoms with Gasteiger partial charge < -0.3 is 15.1 Å². The number of anilines is 2. The topological polar surface area (TPSA) is 79.2 Å². The van der Waals surface area contributed by atoms with Gasteiger partial charge in [0.05, 0.1) is 0 Å². The summed E-state index contributed by atoms with van der Waals surface area (Å²) in [6.07, 6.45) is 4.48. The van der Waals surface area contributed by atoms with Crippen molar-refractivity contribution < 1.29 is 4.79 Å². The highest BCUT2D eigenvalue weighted by molar-refractivity contribution is 5.90. The standard InChI is InChI=1S/C21H25N7O/c1-3-17-7-4-5-8-18(17)25-21(29)27-13-11-26(12-14-27)19-15-20(24-16(2)23-19)28-10-6-9-22-28/h4-10,15H,3,11-14H2,1-2H3,(H,25,29). The molecule has 0 saturated carbocycles. The van der Waals surface area contributed by atoms with Crippen LogP contribution in [0, 0.1) is 6.92 Å². The molecule has 3 aromatic rings. The lowest BCUT2D eigenvalue weighted by Gasteiger charge is -2.35. The molecule has 2 aromatic heterocycles. The van der Waals surface area contributed by atoms with Crippen molar-refractivity contribution in [3.63, 3.8) is 0 Å². The first kappa shape index (κ1) is 18.9. The summed E-state index contributed by atoms with van der Waals surface area (Å²) in [5, 5.41) is 7.30. The molecular weight excluding hydrogens is 366 g/mol. The van der Waals surface area contributed by atoms with Crippen LogP contribution in [-0.4, -0.2) is 56.9 Å². The summed E-state index contributed by atoms with van der Waals surface area (Å²) in [5.74, 6) is 2.30.